The van der Waals surface area contributed by atoms with Gasteiger partial charge in [-0.3, -0.25) is 0 Å². The molecule has 0 bridgehead atoms. The van der Waals surface area contributed by atoms with Gasteiger partial charge in [0.25, 0.3) is 0 Å². The van der Waals surface area contributed by atoms with Crippen LogP contribution in [0.5, 0.6) is 0 Å². The van der Waals surface area contributed by atoms with E-state index in [1.165, 1.54) is 0 Å². The Morgan fingerprint density at radius 2 is 2.05 bits per heavy atom. The van der Waals surface area contributed by atoms with Crippen molar-refractivity contribution < 1.29 is 0 Å². The summed E-state index contributed by atoms with van der Waals surface area (Å²) in [4.78, 5) is 0. The zero-order chi connectivity index (χ0) is 13.4. The number of rotatable bonds is 3. The molecule has 5 nitrogen and oxygen atoms in total. The third kappa shape index (κ3) is 1.78. The summed E-state index contributed by atoms with van der Waals surface area (Å²) in [6, 6.07) is 8.10. The number of benzene rings is 1. The monoisotopic (exact) mass is 255 g/mol. The average molecular weight is 255 g/mol. The molecule has 0 aliphatic carbocycles. The molecule has 0 aliphatic rings. The van der Waals surface area contributed by atoms with E-state index < -0.39 is 0 Å². The molecule has 0 aliphatic heterocycles. The fourth-order valence-corrected chi connectivity index (χ4v) is 2.31. The first-order chi connectivity index (χ1) is 9.22. The second kappa shape index (κ2) is 4.42. The molecule has 2 aromatic heterocycles. The highest BCUT2D eigenvalue weighted by Gasteiger charge is 2.16. The molecule has 0 amide bonds. The quantitative estimate of drug-likeness (QED) is 0.782. The Labute approximate surface area is 111 Å². The number of nitrogens with two attached hydrogens (primary N) is 1. The van der Waals surface area contributed by atoms with Gasteiger partial charge in [0.2, 0.25) is 0 Å². The van der Waals surface area contributed by atoms with Crippen LogP contribution in [0.4, 0.5) is 5.69 Å². The highest BCUT2D eigenvalue weighted by molar-refractivity contribution is 5.81. The van der Waals surface area contributed by atoms with Crippen molar-refractivity contribution in [2.75, 3.05) is 5.73 Å². The van der Waals surface area contributed by atoms with Crippen LogP contribution >= 0.6 is 0 Å². The van der Waals surface area contributed by atoms with Crippen LogP contribution in [0, 0.1) is 6.92 Å². The molecule has 2 heterocycles. The van der Waals surface area contributed by atoms with E-state index in [1.807, 2.05) is 46.7 Å². The largest absolute Gasteiger partial charge is 0.394 e. The molecule has 19 heavy (non-hydrogen) atoms. The summed E-state index contributed by atoms with van der Waals surface area (Å²) in [6.45, 7) is 4.89. The molecule has 0 saturated carbocycles. The molecule has 0 spiro atoms. The molecule has 0 radical (unpaired) electrons. The Hall–Kier alpha value is -2.30. The second-order valence-corrected chi connectivity index (χ2v) is 4.66. The zero-order valence-corrected chi connectivity index (χ0v) is 11.2. The summed E-state index contributed by atoms with van der Waals surface area (Å²) >= 11 is 0. The van der Waals surface area contributed by atoms with Crippen molar-refractivity contribution in [2.45, 2.75) is 26.8 Å². The first-order valence-corrected chi connectivity index (χ1v) is 6.48. The predicted molar refractivity (Wildman–Crippen MR) is 76.3 cm³/mol. The highest BCUT2D eigenvalue weighted by Crippen LogP contribution is 2.25. The molecule has 0 atom stereocenters. The number of anilines is 1. The Balaban J connectivity index is 2.26. The standard InChI is InChI=1S/C14H17N5/c1-3-8-18-14(13(15)10(2)17-18)19-12-7-5-4-6-11(12)9-16-19/h4-7,9H,3,8,15H2,1-2H3. The molecule has 0 fully saturated rings. The van der Waals surface area contributed by atoms with Crippen LogP contribution in [0.15, 0.2) is 30.5 Å². The molecule has 5 heteroatoms. The van der Waals surface area contributed by atoms with E-state index in [0.29, 0.717) is 5.69 Å². The lowest BCUT2D eigenvalue weighted by molar-refractivity contribution is 0.577. The van der Waals surface area contributed by atoms with Gasteiger partial charge in [0, 0.05) is 11.9 Å². The Bertz CT molecular complexity index is 723. The topological polar surface area (TPSA) is 61.7 Å². The van der Waals surface area contributed by atoms with Crippen LogP contribution in [-0.4, -0.2) is 19.6 Å². The van der Waals surface area contributed by atoms with Crippen molar-refractivity contribution in [3.63, 3.8) is 0 Å². The Morgan fingerprint density at radius 1 is 1.26 bits per heavy atom. The van der Waals surface area contributed by atoms with Crippen LogP contribution in [0.1, 0.15) is 19.0 Å². The van der Waals surface area contributed by atoms with Crippen LogP contribution in [0.25, 0.3) is 16.7 Å². The fraction of sp³-hybridized carbons (Fsp3) is 0.286. The number of fused-ring (bicyclic) bond motifs is 1. The molecule has 3 rings (SSSR count). The van der Waals surface area contributed by atoms with Crippen LogP contribution in [-0.2, 0) is 6.54 Å². The summed E-state index contributed by atoms with van der Waals surface area (Å²) in [5.41, 5.74) is 8.77. The van der Waals surface area contributed by atoms with Crippen LogP contribution < -0.4 is 5.73 Å². The smallest absolute Gasteiger partial charge is 0.176 e. The van der Waals surface area contributed by atoms with Gasteiger partial charge in [-0.15, -0.1) is 0 Å². The number of hydrogen-bond donors (Lipinski definition) is 1. The number of aryl methyl sites for hydroxylation is 2. The summed E-state index contributed by atoms with van der Waals surface area (Å²) in [6.07, 6.45) is 2.86. The number of aromatic nitrogens is 4. The van der Waals surface area contributed by atoms with Crippen molar-refractivity contribution in [3.8, 4) is 5.82 Å². The Kier molecular flexibility index (Phi) is 2.74. The summed E-state index contributed by atoms with van der Waals surface area (Å²) in [7, 11) is 0. The lowest BCUT2D eigenvalue weighted by Crippen LogP contribution is -2.09. The predicted octanol–water partition coefficient (Wildman–Crippen LogP) is 2.52. The maximum Gasteiger partial charge on any atom is 0.176 e. The first-order valence-electron chi connectivity index (χ1n) is 6.48. The van der Waals surface area contributed by atoms with E-state index in [-0.39, 0.29) is 0 Å². The average Bonchev–Trinajstić information content (AvgIpc) is 2.93. The molecule has 2 N–H and O–H groups in total. The van der Waals surface area contributed by atoms with Crippen molar-refractivity contribution in [3.05, 3.63) is 36.2 Å². The van der Waals surface area contributed by atoms with Gasteiger partial charge >= 0.3 is 0 Å². The molecule has 0 unspecified atom stereocenters. The van der Waals surface area contributed by atoms with Gasteiger partial charge in [0.15, 0.2) is 5.82 Å². The van der Waals surface area contributed by atoms with Gasteiger partial charge in [-0.25, -0.2) is 9.36 Å². The highest BCUT2D eigenvalue weighted by atomic mass is 15.4. The van der Waals surface area contributed by atoms with Gasteiger partial charge in [-0.05, 0) is 19.4 Å². The number of nitrogen functional groups attached to an aromatic ring is 1. The maximum absolute atomic E-state index is 6.17. The lowest BCUT2D eigenvalue weighted by atomic mass is 10.2. The molecule has 0 saturated heterocycles. The van der Waals surface area contributed by atoms with Crippen molar-refractivity contribution in [1.82, 2.24) is 19.6 Å². The number of para-hydroxylation sites is 1. The molecular formula is C14H17N5. The lowest BCUT2D eigenvalue weighted by Gasteiger charge is -2.08. The fourth-order valence-electron chi connectivity index (χ4n) is 2.31. The van der Waals surface area contributed by atoms with E-state index in [9.17, 15) is 0 Å². The van der Waals surface area contributed by atoms with E-state index in [4.69, 9.17) is 5.73 Å². The van der Waals surface area contributed by atoms with Crippen molar-refractivity contribution in [1.29, 1.82) is 0 Å². The summed E-state index contributed by atoms with van der Waals surface area (Å²) in [5.74, 6) is 0.862. The maximum atomic E-state index is 6.17. The minimum absolute atomic E-state index is 0.697. The van der Waals surface area contributed by atoms with Crippen molar-refractivity contribution >= 4 is 16.6 Å². The molecule has 1 aromatic carbocycles. The van der Waals surface area contributed by atoms with Gasteiger partial charge in [-0.1, -0.05) is 25.1 Å². The number of nitrogens with zero attached hydrogens (tertiary/aromatic N) is 4. The Morgan fingerprint density at radius 3 is 2.84 bits per heavy atom. The van der Waals surface area contributed by atoms with Crippen molar-refractivity contribution in [2.24, 2.45) is 0 Å². The normalized spacial score (nSPS) is 11.3. The minimum atomic E-state index is 0.697. The summed E-state index contributed by atoms with van der Waals surface area (Å²) in [5, 5.41) is 10.1. The van der Waals surface area contributed by atoms with E-state index in [1.54, 1.807) is 0 Å². The van der Waals surface area contributed by atoms with E-state index in [0.717, 1.165) is 35.4 Å². The summed E-state index contributed by atoms with van der Waals surface area (Å²) < 4.78 is 3.81. The zero-order valence-electron chi connectivity index (χ0n) is 11.2. The van der Waals surface area contributed by atoms with Gasteiger partial charge in [0.05, 0.1) is 23.1 Å². The van der Waals surface area contributed by atoms with Gasteiger partial charge in [-0.2, -0.15) is 10.2 Å². The third-order valence-corrected chi connectivity index (χ3v) is 3.26. The second-order valence-electron chi connectivity index (χ2n) is 4.66. The minimum Gasteiger partial charge on any atom is -0.394 e. The SMILES string of the molecule is CCCn1nc(C)c(N)c1-n1ncc2ccccc21. The molecule has 98 valence electrons. The van der Waals surface area contributed by atoms with Crippen LogP contribution in [0.2, 0.25) is 0 Å². The third-order valence-electron chi connectivity index (χ3n) is 3.26. The van der Waals surface area contributed by atoms with E-state index >= 15 is 0 Å². The van der Waals surface area contributed by atoms with Crippen LogP contribution in [0.3, 0.4) is 0 Å². The molecule has 3 aromatic rings. The van der Waals surface area contributed by atoms with E-state index in [2.05, 4.69) is 17.1 Å². The van der Waals surface area contributed by atoms with Gasteiger partial charge in [0.1, 0.15) is 0 Å². The molecular weight excluding hydrogens is 238 g/mol. The first kappa shape index (κ1) is 11.8. The number of hydrogen-bond acceptors (Lipinski definition) is 3. The van der Waals surface area contributed by atoms with Gasteiger partial charge < -0.3 is 5.73 Å².